The molecule has 0 bridgehead atoms. The first-order chi connectivity index (χ1) is 13.1. The molecular formula is C22H16ClNO2S. The van der Waals surface area contributed by atoms with Crippen molar-refractivity contribution in [2.24, 2.45) is 5.73 Å². The van der Waals surface area contributed by atoms with Crippen LogP contribution in [-0.2, 0) is 6.61 Å². The Kier molecular flexibility index (Phi) is 4.84. The van der Waals surface area contributed by atoms with Crippen LogP contribution in [0.1, 0.15) is 15.9 Å². The van der Waals surface area contributed by atoms with Crippen LogP contribution in [0.3, 0.4) is 0 Å². The van der Waals surface area contributed by atoms with E-state index in [9.17, 15) is 4.79 Å². The molecule has 134 valence electrons. The van der Waals surface area contributed by atoms with Crippen LogP contribution < -0.4 is 10.5 Å². The zero-order valence-electron chi connectivity index (χ0n) is 14.3. The number of carbonyl (C=O) groups is 1. The van der Waals surface area contributed by atoms with Gasteiger partial charge in [-0.05, 0) is 59.0 Å². The van der Waals surface area contributed by atoms with Crippen molar-refractivity contribution in [3.05, 3.63) is 88.3 Å². The van der Waals surface area contributed by atoms with Crippen LogP contribution in [0.25, 0.3) is 21.2 Å². The van der Waals surface area contributed by atoms with Crippen molar-refractivity contribution in [3.8, 4) is 16.9 Å². The maximum absolute atomic E-state index is 11.5. The quantitative estimate of drug-likeness (QED) is 0.459. The van der Waals surface area contributed by atoms with Gasteiger partial charge in [0.05, 0.1) is 0 Å². The van der Waals surface area contributed by atoms with Crippen molar-refractivity contribution in [1.29, 1.82) is 0 Å². The Balaban J connectivity index is 1.55. The highest BCUT2D eigenvalue weighted by Gasteiger charge is 2.09. The molecule has 0 aliphatic carbocycles. The van der Waals surface area contributed by atoms with E-state index >= 15 is 0 Å². The molecule has 0 fully saturated rings. The predicted molar refractivity (Wildman–Crippen MR) is 112 cm³/mol. The minimum Gasteiger partial charge on any atom is -0.489 e. The fourth-order valence-corrected chi connectivity index (χ4v) is 3.96. The lowest BCUT2D eigenvalue weighted by atomic mass is 10.0. The zero-order valence-corrected chi connectivity index (χ0v) is 15.9. The van der Waals surface area contributed by atoms with Crippen LogP contribution in [0.2, 0.25) is 5.02 Å². The number of thiophene rings is 1. The molecule has 27 heavy (non-hydrogen) atoms. The highest BCUT2D eigenvalue weighted by atomic mass is 35.5. The molecule has 1 amide bonds. The van der Waals surface area contributed by atoms with Gasteiger partial charge < -0.3 is 10.5 Å². The van der Waals surface area contributed by atoms with Crippen molar-refractivity contribution in [1.82, 2.24) is 0 Å². The fraction of sp³-hybridized carbons (Fsp3) is 0.0455. The summed E-state index contributed by atoms with van der Waals surface area (Å²) in [6, 6.07) is 21.1. The molecule has 0 spiro atoms. The lowest BCUT2D eigenvalue weighted by Crippen LogP contribution is -2.10. The van der Waals surface area contributed by atoms with Crippen molar-refractivity contribution in [3.63, 3.8) is 0 Å². The Labute approximate surface area is 166 Å². The number of ether oxygens (including phenoxy) is 1. The summed E-state index contributed by atoms with van der Waals surface area (Å²) in [4.78, 5) is 11.5. The van der Waals surface area contributed by atoms with Gasteiger partial charge in [0.1, 0.15) is 12.4 Å². The monoisotopic (exact) mass is 393 g/mol. The predicted octanol–water partition coefficient (Wildman–Crippen LogP) is 5.90. The summed E-state index contributed by atoms with van der Waals surface area (Å²) in [6.45, 7) is 0.486. The Bertz CT molecular complexity index is 1100. The molecule has 3 aromatic carbocycles. The van der Waals surface area contributed by atoms with E-state index in [1.54, 1.807) is 17.4 Å². The largest absolute Gasteiger partial charge is 0.489 e. The van der Waals surface area contributed by atoms with Crippen LogP contribution in [0.4, 0.5) is 0 Å². The van der Waals surface area contributed by atoms with Gasteiger partial charge in [-0.25, -0.2) is 0 Å². The molecule has 0 aliphatic rings. The number of fused-ring (bicyclic) bond motifs is 1. The van der Waals surface area contributed by atoms with Gasteiger partial charge in [-0.1, -0.05) is 35.9 Å². The Morgan fingerprint density at radius 3 is 2.44 bits per heavy atom. The number of carbonyl (C=O) groups excluding carboxylic acids is 1. The lowest BCUT2D eigenvalue weighted by Gasteiger charge is -2.08. The SMILES string of the molecule is NC(=O)c1ccc2scc(-c3ccc(OCc4ccc(Cl)cc4)cc3)c2c1. The average molecular weight is 394 g/mol. The smallest absolute Gasteiger partial charge is 0.248 e. The van der Waals surface area contributed by atoms with Gasteiger partial charge in [0, 0.05) is 26.2 Å². The van der Waals surface area contributed by atoms with E-state index in [1.165, 1.54) is 0 Å². The third-order valence-corrected chi connectivity index (χ3v) is 5.56. The maximum Gasteiger partial charge on any atom is 0.248 e. The van der Waals surface area contributed by atoms with Gasteiger partial charge in [-0.15, -0.1) is 11.3 Å². The van der Waals surface area contributed by atoms with Crippen LogP contribution >= 0.6 is 22.9 Å². The van der Waals surface area contributed by atoms with Crippen LogP contribution in [0, 0.1) is 0 Å². The van der Waals surface area contributed by atoms with Crippen molar-refractivity contribution < 1.29 is 9.53 Å². The van der Waals surface area contributed by atoms with Gasteiger partial charge in [0.15, 0.2) is 0 Å². The summed E-state index contributed by atoms with van der Waals surface area (Å²) in [7, 11) is 0. The van der Waals surface area contributed by atoms with Crippen molar-refractivity contribution >= 4 is 38.9 Å². The summed E-state index contributed by atoms with van der Waals surface area (Å²) >= 11 is 7.55. The second-order valence-electron chi connectivity index (χ2n) is 6.16. The van der Waals surface area contributed by atoms with Gasteiger partial charge in [0.2, 0.25) is 5.91 Å². The minimum atomic E-state index is -0.417. The molecule has 4 rings (SSSR count). The molecular weight excluding hydrogens is 378 g/mol. The van der Waals surface area contributed by atoms with E-state index in [4.69, 9.17) is 22.1 Å². The van der Waals surface area contributed by atoms with Crippen molar-refractivity contribution in [2.75, 3.05) is 0 Å². The summed E-state index contributed by atoms with van der Waals surface area (Å²) in [5.74, 6) is 0.381. The molecule has 0 saturated carbocycles. The second-order valence-corrected chi connectivity index (χ2v) is 7.51. The first-order valence-corrected chi connectivity index (χ1v) is 9.65. The van der Waals surface area contributed by atoms with Crippen molar-refractivity contribution in [2.45, 2.75) is 6.61 Å². The van der Waals surface area contributed by atoms with Gasteiger partial charge in [0.25, 0.3) is 0 Å². The molecule has 0 unspecified atom stereocenters. The molecule has 5 heteroatoms. The molecule has 0 atom stereocenters. The van der Waals surface area contributed by atoms with E-state index in [-0.39, 0.29) is 0 Å². The highest BCUT2D eigenvalue weighted by Crippen LogP contribution is 2.35. The summed E-state index contributed by atoms with van der Waals surface area (Å²) in [6.07, 6.45) is 0. The highest BCUT2D eigenvalue weighted by molar-refractivity contribution is 7.17. The van der Waals surface area contributed by atoms with Gasteiger partial charge >= 0.3 is 0 Å². The normalized spacial score (nSPS) is 10.9. The Morgan fingerprint density at radius 1 is 1.00 bits per heavy atom. The van der Waals surface area contributed by atoms with Crippen LogP contribution in [-0.4, -0.2) is 5.91 Å². The summed E-state index contributed by atoms with van der Waals surface area (Å²) in [5.41, 5.74) is 9.15. The average Bonchev–Trinajstić information content (AvgIpc) is 3.11. The molecule has 0 aliphatic heterocycles. The maximum atomic E-state index is 11.5. The topological polar surface area (TPSA) is 52.3 Å². The van der Waals surface area contributed by atoms with Gasteiger partial charge in [-0.3, -0.25) is 4.79 Å². The third kappa shape index (κ3) is 3.82. The van der Waals surface area contributed by atoms with E-state index in [0.717, 1.165) is 32.5 Å². The number of nitrogens with two attached hydrogens (primary N) is 1. The second kappa shape index (κ2) is 7.43. The molecule has 1 aromatic heterocycles. The Morgan fingerprint density at radius 2 is 1.74 bits per heavy atom. The number of benzene rings is 3. The number of hydrogen-bond donors (Lipinski definition) is 1. The number of primary amides is 1. The third-order valence-electron chi connectivity index (χ3n) is 4.34. The number of hydrogen-bond acceptors (Lipinski definition) is 3. The number of rotatable bonds is 5. The molecule has 0 saturated heterocycles. The standard InChI is InChI=1S/C22H16ClNO2S/c23-17-6-1-14(2-7-17)12-26-18-8-3-15(4-9-18)20-13-27-21-10-5-16(22(24)25)11-19(20)21/h1-11,13H,12H2,(H2,24,25). The number of amides is 1. The Hall–Kier alpha value is -2.82. The van der Waals surface area contributed by atoms with Crippen LogP contribution in [0.15, 0.2) is 72.1 Å². The molecule has 4 aromatic rings. The lowest BCUT2D eigenvalue weighted by molar-refractivity contribution is 0.100. The van der Waals surface area contributed by atoms with Crippen LogP contribution in [0.5, 0.6) is 5.75 Å². The molecule has 2 N–H and O–H groups in total. The van der Waals surface area contributed by atoms with E-state index in [0.29, 0.717) is 17.2 Å². The van der Waals surface area contributed by atoms with E-state index in [2.05, 4.69) is 5.38 Å². The van der Waals surface area contributed by atoms with E-state index in [1.807, 2.05) is 60.7 Å². The minimum absolute atomic E-state index is 0.417. The number of halogens is 1. The fourth-order valence-electron chi connectivity index (χ4n) is 2.88. The molecule has 3 nitrogen and oxygen atoms in total. The summed E-state index contributed by atoms with van der Waals surface area (Å²) in [5, 5.41) is 3.84. The first kappa shape index (κ1) is 17.6. The molecule has 0 radical (unpaired) electrons. The first-order valence-electron chi connectivity index (χ1n) is 8.39. The summed E-state index contributed by atoms with van der Waals surface area (Å²) < 4.78 is 6.96. The zero-order chi connectivity index (χ0) is 18.8. The molecule has 1 heterocycles. The van der Waals surface area contributed by atoms with E-state index < -0.39 is 5.91 Å². The van der Waals surface area contributed by atoms with Gasteiger partial charge in [-0.2, -0.15) is 0 Å².